The Hall–Kier alpha value is -2.01. The van der Waals surface area contributed by atoms with Crippen LogP contribution >= 0.6 is 0 Å². The van der Waals surface area contributed by atoms with Crippen LogP contribution in [-0.4, -0.2) is 38.9 Å². The van der Waals surface area contributed by atoms with Crippen molar-refractivity contribution >= 4 is 12.0 Å². The van der Waals surface area contributed by atoms with E-state index < -0.39 is 0 Å². The second-order valence-electron chi connectivity index (χ2n) is 5.83. The molecule has 0 saturated carbocycles. The molecule has 1 fully saturated rings. The molecule has 1 heterocycles. The second kappa shape index (κ2) is 9.98. The molecule has 0 spiro atoms. The summed E-state index contributed by atoms with van der Waals surface area (Å²) in [6, 6.07) is 5.65. The first-order chi connectivity index (χ1) is 11.7. The molecule has 5 heteroatoms. The minimum Gasteiger partial charge on any atom is -0.493 e. The Morgan fingerprint density at radius 1 is 1.42 bits per heavy atom. The van der Waals surface area contributed by atoms with Gasteiger partial charge in [-0.2, -0.15) is 0 Å². The third-order valence-corrected chi connectivity index (χ3v) is 3.90. The van der Waals surface area contributed by atoms with Gasteiger partial charge in [0, 0.05) is 19.2 Å². The van der Waals surface area contributed by atoms with Crippen molar-refractivity contribution in [1.29, 1.82) is 0 Å². The van der Waals surface area contributed by atoms with E-state index in [0.29, 0.717) is 18.9 Å². The molecule has 0 aromatic heterocycles. The molecule has 1 amide bonds. The van der Waals surface area contributed by atoms with Crippen LogP contribution in [0.1, 0.15) is 38.2 Å². The number of benzene rings is 1. The lowest BCUT2D eigenvalue weighted by molar-refractivity contribution is -0.116. The Balaban J connectivity index is 1.87. The van der Waals surface area contributed by atoms with E-state index in [0.717, 1.165) is 43.6 Å². The molecule has 1 aliphatic heterocycles. The van der Waals surface area contributed by atoms with Gasteiger partial charge in [-0.3, -0.25) is 4.79 Å². The molecule has 1 unspecified atom stereocenters. The zero-order valence-electron chi connectivity index (χ0n) is 14.5. The third kappa shape index (κ3) is 5.89. The summed E-state index contributed by atoms with van der Waals surface area (Å²) in [5, 5.41) is 2.86. The molecule has 132 valence electrons. The van der Waals surface area contributed by atoms with Gasteiger partial charge in [-0.1, -0.05) is 19.4 Å². The summed E-state index contributed by atoms with van der Waals surface area (Å²) in [6.45, 7) is 4.16. The molecule has 0 radical (unpaired) electrons. The summed E-state index contributed by atoms with van der Waals surface area (Å²) in [6.07, 6.45) is 7.63. The number of unbranched alkanes of at least 4 members (excludes halogenated alkanes) is 1. The number of hydrogen-bond donors (Lipinski definition) is 1. The van der Waals surface area contributed by atoms with Crippen LogP contribution in [0.2, 0.25) is 0 Å². The maximum absolute atomic E-state index is 11.9. The molecular weight excluding hydrogens is 306 g/mol. The number of nitrogens with one attached hydrogen (secondary N) is 1. The average molecular weight is 333 g/mol. The Labute approximate surface area is 144 Å². The summed E-state index contributed by atoms with van der Waals surface area (Å²) in [5.41, 5.74) is 0.891. The van der Waals surface area contributed by atoms with E-state index >= 15 is 0 Å². The molecule has 1 aliphatic rings. The van der Waals surface area contributed by atoms with Crippen LogP contribution in [0.15, 0.2) is 24.3 Å². The highest BCUT2D eigenvalue weighted by Gasteiger charge is 2.15. The molecule has 1 N–H and O–H groups in total. The normalized spacial score (nSPS) is 17.2. The van der Waals surface area contributed by atoms with Crippen molar-refractivity contribution in [3.8, 4) is 11.5 Å². The predicted molar refractivity (Wildman–Crippen MR) is 94.4 cm³/mol. The van der Waals surface area contributed by atoms with E-state index in [1.165, 1.54) is 6.08 Å². The van der Waals surface area contributed by atoms with Crippen molar-refractivity contribution in [2.45, 2.75) is 38.7 Å². The summed E-state index contributed by atoms with van der Waals surface area (Å²) >= 11 is 0. The summed E-state index contributed by atoms with van der Waals surface area (Å²) in [5.74, 6) is 1.28. The van der Waals surface area contributed by atoms with Crippen molar-refractivity contribution in [3.05, 3.63) is 29.8 Å². The minimum atomic E-state index is -0.118. The maximum atomic E-state index is 11.9. The largest absolute Gasteiger partial charge is 0.493 e. The third-order valence-electron chi connectivity index (χ3n) is 3.90. The van der Waals surface area contributed by atoms with Crippen molar-refractivity contribution in [2.75, 3.05) is 26.9 Å². The second-order valence-corrected chi connectivity index (χ2v) is 5.83. The number of amides is 1. The van der Waals surface area contributed by atoms with Crippen molar-refractivity contribution in [1.82, 2.24) is 5.32 Å². The minimum absolute atomic E-state index is 0.118. The van der Waals surface area contributed by atoms with Gasteiger partial charge in [-0.05, 0) is 43.0 Å². The highest BCUT2D eigenvalue weighted by Crippen LogP contribution is 2.28. The van der Waals surface area contributed by atoms with Gasteiger partial charge in [0.15, 0.2) is 11.5 Å². The van der Waals surface area contributed by atoms with Crippen LogP contribution < -0.4 is 14.8 Å². The molecule has 2 rings (SSSR count). The molecule has 0 aliphatic carbocycles. The van der Waals surface area contributed by atoms with Crippen LogP contribution in [0, 0.1) is 0 Å². The number of ether oxygens (including phenoxy) is 3. The molecule has 0 bridgehead atoms. The lowest BCUT2D eigenvalue weighted by atomic mass is 10.2. The molecule has 1 aromatic rings. The van der Waals surface area contributed by atoms with E-state index in [2.05, 4.69) is 12.2 Å². The van der Waals surface area contributed by atoms with Crippen LogP contribution in [0.4, 0.5) is 0 Å². The smallest absolute Gasteiger partial charge is 0.244 e. The summed E-state index contributed by atoms with van der Waals surface area (Å²) in [4.78, 5) is 11.9. The highest BCUT2D eigenvalue weighted by atomic mass is 16.5. The van der Waals surface area contributed by atoms with Gasteiger partial charge < -0.3 is 19.5 Å². The van der Waals surface area contributed by atoms with Crippen molar-refractivity contribution < 1.29 is 19.0 Å². The SMILES string of the molecule is CCCCOc1ccc(/C=C/C(=O)NCC2CCCO2)cc1OC. The number of methoxy groups -OCH3 is 1. The van der Waals surface area contributed by atoms with E-state index in [1.54, 1.807) is 13.2 Å². The molecular formula is C19H27NO4. The van der Waals surface area contributed by atoms with Crippen LogP contribution in [0.25, 0.3) is 6.08 Å². The molecule has 1 atom stereocenters. The number of carbonyl (C=O) groups is 1. The molecule has 1 aromatic carbocycles. The number of rotatable bonds is 9. The van der Waals surface area contributed by atoms with E-state index in [1.807, 2.05) is 18.2 Å². The van der Waals surface area contributed by atoms with Crippen molar-refractivity contribution in [3.63, 3.8) is 0 Å². The van der Waals surface area contributed by atoms with E-state index in [9.17, 15) is 4.79 Å². The van der Waals surface area contributed by atoms with Gasteiger partial charge in [0.05, 0.1) is 19.8 Å². The van der Waals surface area contributed by atoms with E-state index in [-0.39, 0.29) is 12.0 Å². The fourth-order valence-corrected chi connectivity index (χ4v) is 2.48. The Morgan fingerprint density at radius 3 is 3.00 bits per heavy atom. The number of carbonyl (C=O) groups excluding carboxylic acids is 1. The van der Waals surface area contributed by atoms with Gasteiger partial charge >= 0.3 is 0 Å². The zero-order chi connectivity index (χ0) is 17.2. The van der Waals surface area contributed by atoms with Gasteiger partial charge in [0.25, 0.3) is 0 Å². The molecule has 1 saturated heterocycles. The van der Waals surface area contributed by atoms with Crippen LogP contribution in [0.5, 0.6) is 11.5 Å². The average Bonchev–Trinajstić information content (AvgIpc) is 3.12. The fourth-order valence-electron chi connectivity index (χ4n) is 2.48. The first-order valence-electron chi connectivity index (χ1n) is 8.61. The lowest BCUT2D eigenvalue weighted by Gasteiger charge is -2.11. The van der Waals surface area contributed by atoms with Gasteiger partial charge in [0.1, 0.15) is 0 Å². The Morgan fingerprint density at radius 2 is 2.29 bits per heavy atom. The zero-order valence-corrected chi connectivity index (χ0v) is 14.5. The maximum Gasteiger partial charge on any atom is 0.244 e. The van der Waals surface area contributed by atoms with Gasteiger partial charge in [0.2, 0.25) is 5.91 Å². The standard InChI is InChI=1S/C19H27NO4/c1-3-4-11-24-17-9-7-15(13-18(17)22-2)8-10-19(21)20-14-16-6-5-12-23-16/h7-10,13,16H,3-6,11-12,14H2,1-2H3,(H,20,21)/b10-8+. The molecule has 24 heavy (non-hydrogen) atoms. The van der Waals surface area contributed by atoms with E-state index in [4.69, 9.17) is 14.2 Å². The lowest BCUT2D eigenvalue weighted by Crippen LogP contribution is -2.30. The highest BCUT2D eigenvalue weighted by molar-refractivity contribution is 5.91. The fraction of sp³-hybridized carbons (Fsp3) is 0.526. The van der Waals surface area contributed by atoms with Gasteiger partial charge in [-0.15, -0.1) is 0 Å². The topological polar surface area (TPSA) is 56.8 Å². The van der Waals surface area contributed by atoms with Gasteiger partial charge in [-0.25, -0.2) is 0 Å². The Kier molecular flexibility index (Phi) is 7.62. The first kappa shape index (κ1) is 18.3. The molecule has 5 nitrogen and oxygen atoms in total. The summed E-state index contributed by atoms with van der Waals surface area (Å²) in [7, 11) is 1.61. The predicted octanol–water partition coefficient (Wildman–Crippen LogP) is 3.18. The van der Waals surface area contributed by atoms with Crippen LogP contribution in [0.3, 0.4) is 0 Å². The quantitative estimate of drug-likeness (QED) is 0.557. The Bertz CT molecular complexity index is 550. The summed E-state index contributed by atoms with van der Waals surface area (Å²) < 4.78 is 16.5. The first-order valence-corrected chi connectivity index (χ1v) is 8.61. The van der Waals surface area contributed by atoms with Crippen molar-refractivity contribution in [2.24, 2.45) is 0 Å². The van der Waals surface area contributed by atoms with Crippen LogP contribution in [-0.2, 0) is 9.53 Å². The number of hydrogen-bond acceptors (Lipinski definition) is 4. The monoisotopic (exact) mass is 333 g/mol.